The highest BCUT2D eigenvalue weighted by atomic mass is 32.2. The molecule has 0 spiro atoms. The zero-order valence-electron chi connectivity index (χ0n) is 17.1. The summed E-state index contributed by atoms with van der Waals surface area (Å²) in [6.45, 7) is 13.5. The summed E-state index contributed by atoms with van der Waals surface area (Å²) in [4.78, 5) is 0. The van der Waals surface area contributed by atoms with E-state index in [1.165, 1.54) is 12.2 Å². The van der Waals surface area contributed by atoms with Gasteiger partial charge in [0.05, 0.1) is 0 Å². The van der Waals surface area contributed by atoms with Crippen molar-refractivity contribution in [1.82, 2.24) is 8.54 Å². The van der Waals surface area contributed by atoms with Crippen LogP contribution in [0.1, 0.15) is 53.0 Å². The molecule has 0 amide bonds. The van der Waals surface area contributed by atoms with E-state index in [1.807, 2.05) is 6.07 Å². The summed E-state index contributed by atoms with van der Waals surface area (Å²) in [5.41, 5.74) is -2.85. The van der Waals surface area contributed by atoms with Gasteiger partial charge in [0.15, 0.2) is 8.24 Å². The predicted octanol–water partition coefficient (Wildman–Crippen LogP) is 5.79. The monoisotopic (exact) mass is 434 g/mol. The van der Waals surface area contributed by atoms with E-state index in [2.05, 4.69) is 58.2 Å². The SMILES string of the molecule is CC(C)[Si](C(C)C)(C(C)C)n1ccc(C2C=CN(S(=O)(=O)C(F)(F)F)C=C2)c1. The number of halogens is 3. The van der Waals surface area contributed by atoms with Gasteiger partial charge in [-0.05, 0) is 40.6 Å². The minimum absolute atomic E-state index is 0.218. The molecule has 0 aromatic carbocycles. The Labute approximate surface area is 166 Å². The average Bonchev–Trinajstić information content (AvgIpc) is 3.03. The van der Waals surface area contributed by atoms with Crippen LogP contribution in [0.4, 0.5) is 13.2 Å². The minimum atomic E-state index is -5.40. The molecule has 0 unspecified atom stereocenters. The van der Waals surface area contributed by atoms with E-state index in [4.69, 9.17) is 0 Å². The van der Waals surface area contributed by atoms with Gasteiger partial charge in [0.25, 0.3) is 0 Å². The molecule has 0 saturated carbocycles. The predicted molar refractivity (Wildman–Crippen MR) is 109 cm³/mol. The Morgan fingerprint density at radius 3 is 1.82 bits per heavy atom. The van der Waals surface area contributed by atoms with Gasteiger partial charge in [-0.2, -0.15) is 21.6 Å². The van der Waals surface area contributed by atoms with Crippen molar-refractivity contribution in [3.63, 3.8) is 0 Å². The first-order chi connectivity index (χ1) is 12.8. The molecule has 0 radical (unpaired) electrons. The van der Waals surface area contributed by atoms with E-state index >= 15 is 0 Å². The van der Waals surface area contributed by atoms with Gasteiger partial charge < -0.3 is 4.23 Å². The molecule has 2 rings (SSSR count). The summed E-state index contributed by atoms with van der Waals surface area (Å²) in [5, 5.41) is 0. The molecule has 1 aromatic heterocycles. The smallest absolute Gasteiger partial charge is 0.379 e. The molecular formula is C19H29F3N2O2SSi. The Bertz CT molecular complexity index is 819. The molecule has 0 bridgehead atoms. The van der Waals surface area contributed by atoms with Gasteiger partial charge in [-0.1, -0.05) is 53.7 Å². The Morgan fingerprint density at radius 1 is 0.964 bits per heavy atom. The molecule has 1 aromatic rings. The van der Waals surface area contributed by atoms with Crippen molar-refractivity contribution in [2.45, 2.75) is 69.6 Å². The lowest BCUT2D eigenvalue weighted by molar-refractivity contribution is -0.0468. The highest BCUT2D eigenvalue weighted by molar-refractivity contribution is 7.90. The topological polar surface area (TPSA) is 42.3 Å². The van der Waals surface area contributed by atoms with E-state index in [1.54, 1.807) is 0 Å². The summed E-state index contributed by atoms with van der Waals surface area (Å²) < 4.78 is 63.7. The molecular weight excluding hydrogens is 405 g/mol. The number of aromatic nitrogens is 1. The third kappa shape index (κ3) is 3.70. The third-order valence-corrected chi connectivity index (χ3v) is 13.9. The second kappa shape index (κ2) is 7.74. The van der Waals surface area contributed by atoms with Crippen LogP contribution in [-0.2, 0) is 10.0 Å². The molecule has 0 N–H and O–H groups in total. The first-order valence-electron chi connectivity index (χ1n) is 9.41. The lowest BCUT2D eigenvalue weighted by Crippen LogP contribution is -2.51. The van der Waals surface area contributed by atoms with Crippen molar-refractivity contribution in [2.75, 3.05) is 0 Å². The number of alkyl halides is 3. The average molecular weight is 435 g/mol. The number of hydrogen-bond acceptors (Lipinski definition) is 2. The van der Waals surface area contributed by atoms with E-state index in [0.717, 1.165) is 18.0 Å². The van der Waals surface area contributed by atoms with E-state index in [9.17, 15) is 21.6 Å². The molecule has 28 heavy (non-hydrogen) atoms. The second-order valence-corrected chi connectivity index (χ2v) is 15.8. The first-order valence-corrected chi connectivity index (χ1v) is 13.0. The molecule has 158 valence electrons. The van der Waals surface area contributed by atoms with Gasteiger partial charge in [-0.15, -0.1) is 0 Å². The standard InChI is InChI=1S/C19H29F3N2O2SSi/c1-14(2)28(15(3)4,16(5)6)24-12-9-18(13-24)17-7-10-23(11-8-17)27(25,26)19(20,21)22/h7-17H,1-6H3. The third-order valence-electron chi connectivity index (χ3n) is 5.77. The van der Waals surface area contributed by atoms with Crippen LogP contribution < -0.4 is 0 Å². The Morgan fingerprint density at radius 2 is 1.43 bits per heavy atom. The Kier molecular flexibility index (Phi) is 6.30. The van der Waals surface area contributed by atoms with Crippen LogP contribution in [0.25, 0.3) is 0 Å². The normalized spacial score (nSPS) is 16.8. The molecule has 1 aliphatic rings. The van der Waals surface area contributed by atoms with Crippen LogP contribution >= 0.6 is 0 Å². The summed E-state index contributed by atoms with van der Waals surface area (Å²) in [6.07, 6.45) is 9.06. The van der Waals surface area contributed by atoms with Crippen LogP contribution in [0.2, 0.25) is 16.6 Å². The first kappa shape index (κ1) is 22.8. The number of nitrogens with zero attached hydrogens (tertiary/aromatic N) is 2. The van der Waals surface area contributed by atoms with Crippen molar-refractivity contribution in [1.29, 1.82) is 0 Å². The number of sulfonamides is 1. The van der Waals surface area contributed by atoms with Gasteiger partial charge in [0, 0.05) is 18.3 Å². The Balaban J connectivity index is 2.34. The fourth-order valence-electron chi connectivity index (χ4n) is 4.72. The van der Waals surface area contributed by atoms with Gasteiger partial charge in [-0.25, -0.2) is 4.31 Å². The molecule has 0 aliphatic carbocycles. The quantitative estimate of drug-likeness (QED) is 0.532. The molecule has 9 heteroatoms. The molecule has 4 nitrogen and oxygen atoms in total. The lowest BCUT2D eigenvalue weighted by atomic mass is 10.0. The molecule has 2 heterocycles. The summed E-state index contributed by atoms with van der Waals surface area (Å²) in [5.74, 6) is -0.265. The van der Waals surface area contributed by atoms with Crippen LogP contribution in [-0.4, -0.2) is 30.7 Å². The Hall–Kier alpha value is -1.48. The maximum Gasteiger partial charge on any atom is 0.517 e. The number of allylic oxidation sites excluding steroid dienone is 2. The zero-order valence-corrected chi connectivity index (χ0v) is 18.9. The van der Waals surface area contributed by atoms with Crippen LogP contribution in [0.3, 0.4) is 0 Å². The fourth-order valence-corrected chi connectivity index (χ4v) is 11.9. The van der Waals surface area contributed by atoms with Gasteiger partial charge >= 0.3 is 15.5 Å². The van der Waals surface area contributed by atoms with Crippen molar-refractivity contribution in [2.24, 2.45) is 0 Å². The maximum atomic E-state index is 12.7. The number of hydrogen-bond donors (Lipinski definition) is 0. The fraction of sp³-hybridized carbons (Fsp3) is 0.579. The van der Waals surface area contributed by atoms with Gasteiger partial charge in [0.2, 0.25) is 0 Å². The van der Waals surface area contributed by atoms with Crippen molar-refractivity contribution >= 4 is 18.3 Å². The van der Waals surface area contributed by atoms with E-state index < -0.39 is 23.8 Å². The summed E-state index contributed by atoms with van der Waals surface area (Å²) in [6, 6.07) is 1.97. The van der Waals surface area contributed by atoms with E-state index in [0.29, 0.717) is 16.6 Å². The minimum Gasteiger partial charge on any atom is -0.379 e. The molecule has 1 aliphatic heterocycles. The van der Waals surface area contributed by atoms with Crippen molar-refractivity contribution in [3.05, 3.63) is 48.6 Å². The van der Waals surface area contributed by atoms with Gasteiger partial charge in [-0.3, -0.25) is 0 Å². The molecule has 0 fully saturated rings. The summed E-state index contributed by atoms with van der Waals surface area (Å²) >= 11 is 0. The zero-order chi connectivity index (χ0) is 21.5. The lowest BCUT2D eigenvalue weighted by Gasteiger charge is -2.44. The van der Waals surface area contributed by atoms with E-state index in [-0.39, 0.29) is 10.2 Å². The maximum absolute atomic E-state index is 12.7. The van der Waals surface area contributed by atoms with Crippen LogP contribution in [0.15, 0.2) is 43.0 Å². The highest BCUT2D eigenvalue weighted by Crippen LogP contribution is 2.43. The van der Waals surface area contributed by atoms with Crippen LogP contribution in [0.5, 0.6) is 0 Å². The van der Waals surface area contributed by atoms with Gasteiger partial charge in [0.1, 0.15) is 0 Å². The molecule has 0 atom stereocenters. The molecule has 0 saturated heterocycles. The second-order valence-electron chi connectivity index (χ2n) is 8.19. The highest BCUT2D eigenvalue weighted by Gasteiger charge is 2.49. The number of rotatable bonds is 6. The van der Waals surface area contributed by atoms with Crippen LogP contribution in [0, 0.1) is 0 Å². The largest absolute Gasteiger partial charge is 0.517 e. The van der Waals surface area contributed by atoms with Crippen molar-refractivity contribution < 1.29 is 21.6 Å². The summed E-state index contributed by atoms with van der Waals surface area (Å²) in [7, 11) is -7.30. The van der Waals surface area contributed by atoms with Crippen molar-refractivity contribution in [3.8, 4) is 0 Å².